The standard InChI is InChI=1S/C17H16N4O4S/c1-9-4-5-12(13(6-9)21(24)25)19-14(22)7-20-8-18-16-15(17(20)23)10(2)11(3)26-16/h4-6,8H,7H2,1-3H3,(H,19,22). The largest absolute Gasteiger partial charge is 0.319 e. The highest BCUT2D eigenvalue weighted by Gasteiger charge is 2.18. The third-order valence-corrected chi connectivity index (χ3v) is 5.21. The summed E-state index contributed by atoms with van der Waals surface area (Å²) in [5.41, 5.74) is 1.17. The Morgan fingerprint density at radius 1 is 1.35 bits per heavy atom. The third kappa shape index (κ3) is 3.21. The van der Waals surface area contributed by atoms with E-state index in [0.29, 0.717) is 15.8 Å². The molecule has 0 bridgehead atoms. The second kappa shape index (κ2) is 6.68. The first-order valence-electron chi connectivity index (χ1n) is 7.78. The van der Waals surface area contributed by atoms with Crippen LogP contribution in [-0.2, 0) is 11.3 Å². The lowest BCUT2D eigenvalue weighted by Crippen LogP contribution is -2.28. The molecular weight excluding hydrogens is 356 g/mol. The van der Waals surface area contributed by atoms with Crippen molar-refractivity contribution in [1.82, 2.24) is 9.55 Å². The van der Waals surface area contributed by atoms with Gasteiger partial charge in [0.05, 0.1) is 16.6 Å². The van der Waals surface area contributed by atoms with E-state index in [1.807, 2.05) is 13.8 Å². The number of nitrogens with zero attached hydrogens (tertiary/aromatic N) is 3. The summed E-state index contributed by atoms with van der Waals surface area (Å²) in [6.45, 7) is 5.21. The zero-order chi connectivity index (χ0) is 19.0. The zero-order valence-electron chi connectivity index (χ0n) is 14.4. The van der Waals surface area contributed by atoms with Crippen molar-refractivity contribution in [3.05, 3.63) is 61.0 Å². The summed E-state index contributed by atoms with van der Waals surface area (Å²) in [5, 5.41) is 14.1. The average molecular weight is 372 g/mol. The summed E-state index contributed by atoms with van der Waals surface area (Å²) >= 11 is 1.43. The molecule has 9 heteroatoms. The number of rotatable bonds is 4. The molecule has 0 aliphatic rings. The maximum atomic E-state index is 12.6. The lowest BCUT2D eigenvalue weighted by atomic mass is 10.2. The van der Waals surface area contributed by atoms with Crippen LogP contribution in [0.2, 0.25) is 0 Å². The Labute approximate surface area is 152 Å². The highest BCUT2D eigenvalue weighted by Crippen LogP contribution is 2.26. The summed E-state index contributed by atoms with van der Waals surface area (Å²) in [7, 11) is 0. The molecule has 3 aromatic rings. The third-order valence-electron chi connectivity index (χ3n) is 4.09. The minimum Gasteiger partial charge on any atom is -0.319 e. The number of aromatic nitrogens is 2. The monoisotopic (exact) mass is 372 g/mol. The number of anilines is 1. The molecule has 1 aromatic carbocycles. The fraction of sp³-hybridized carbons (Fsp3) is 0.235. The van der Waals surface area contributed by atoms with Crippen LogP contribution in [0, 0.1) is 30.9 Å². The van der Waals surface area contributed by atoms with Crippen molar-refractivity contribution in [3.8, 4) is 0 Å². The number of fused-ring (bicyclic) bond motifs is 1. The lowest BCUT2D eigenvalue weighted by Gasteiger charge is -2.08. The van der Waals surface area contributed by atoms with Gasteiger partial charge in [0.25, 0.3) is 11.2 Å². The van der Waals surface area contributed by atoms with Gasteiger partial charge in [0.15, 0.2) is 0 Å². The molecule has 0 aliphatic carbocycles. The lowest BCUT2D eigenvalue weighted by molar-refractivity contribution is -0.384. The van der Waals surface area contributed by atoms with Crippen molar-refractivity contribution in [2.24, 2.45) is 0 Å². The SMILES string of the molecule is Cc1ccc(NC(=O)Cn2cnc3sc(C)c(C)c3c2=O)c([N+](=O)[O-])c1. The summed E-state index contributed by atoms with van der Waals surface area (Å²) in [6.07, 6.45) is 1.32. The number of hydrogen-bond acceptors (Lipinski definition) is 6. The van der Waals surface area contributed by atoms with Crippen LogP contribution in [0.3, 0.4) is 0 Å². The van der Waals surface area contributed by atoms with Crippen LogP contribution >= 0.6 is 11.3 Å². The Kier molecular flexibility index (Phi) is 4.56. The number of amides is 1. The smallest absolute Gasteiger partial charge is 0.293 e. The maximum absolute atomic E-state index is 12.6. The second-order valence-corrected chi connectivity index (χ2v) is 7.17. The van der Waals surface area contributed by atoms with Gasteiger partial charge in [0.1, 0.15) is 17.1 Å². The van der Waals surface area contributed by atoms with Crippen LogP contribution in [0.15, 0.2) is 29.3 Å². The van der Waals surface area contributed by atoms with E-state index in [9.17, 15) is 19.7 Å². The molecule has 0 saturated heterocycles. The topological polar surface area (TPSA) is 107 Å². The van der Waals surface area contributed by atoms with E-state index < -0.39 is 10.8 Å². The number of aryl methyl sites for hydroxylation is 3. The van der Waals surface area contributed by atoms with Gasteiger partial charge in [-0.2, -0.15) is 0 Å². The first kappa shape index (κ1) is 17.7. The van der Waals surface area contributed by atoms with E-state index in [1.165, 1.54) is 34.4 Å². The van der Waals surface area contributed by atoms with Crippen LogP contribution < -0.4 is 10.9 Å². The van der Waals surface area contributed by atoms with E-state index >= 15 is 0 Å². The Balaban J connectivity index is 1.89. The summed E-state index contributed by atoms with van der Waals surface area (Å²) in [6, 6.07) is 4.52. The van der Waals surface area contributed by atoms with Crippen molar-refractivity contribution in [3.63, 3.8) is 0 Å². The molecule has 0 aliphatic heterocycles. The number of thiophene rings is 1. The Morgan fingerprint density at radius 2 is 2.08 bits per heavy atom. The molecular formula is C17H16N4O4S. The first-order valence-corrected chi connectivity index (χ1v) is 8.59. The van der Waals surface area contributed by atoms with Crippen LogP contribution in [0.5, 0.6) is 0 Å². The molecule has 0 fully saturated rings. The predicted molar refractivity (Wildman–Crippen MR) is 99.8 cm³/mol. The van der Waals surface area contributed by atoms with Gasteiger partial charge in [0.2, 0.25) is 5.91 Å². The van der Waals surface area contributed by atoms with Crippen molar-refractivity contribution < 1.29 is 9.72 Å². The van der Waals surface area contributed by atoms with E-state index in [4.69, 9.17) is 0 Å². The van der Waals surface area contributed by atoms with Crippen LogP contribution in [-0.4, -0.2) is 20.4 Å². The van der Waals surface area contributed by atoms with Gasteiger partial charge < -0.3 is 5.32 Å². The molecule has 3 rings (SSSR count). The van der Waals surface area contributed by atoms with Crippen molar-refractivity contribution in [2.75, 3.05) is 5.32 Å². The molecule has 1 N–H and O–H groups in total. The van der Waals surface area contributed by atoms with Gasteiger partial charge in [-0.1, -0.05) is 6.07 Å². The molecule has 2 aromatic heterocycles. The molecule has 0 unspecified atom stereocenters. The zero-order valence-corrected chi connectivity index (χ0v) is 15.2. The number of hydrogen-bond donors (Lipinski definition) is 1. The summed E-state index contributed by atoms with van der Waals surface area (Å²) < 4.78 is 1.21. The number of nitro benzene ring substituents is 1. The minimum absolute atomic E-state index is 0.0928. The van der Waals surface area contributed by atoms with Gasteiger partial charge in [-0.3, -0.25) is 24.3 Å². The molecule has 0 atom stereocenters. The van der Waals surface area contributed by atoms with Gasteiger partial charge in [-0.05, 0) is 38.0 Å². The van der Waals surface area contributed by atoms with Crippen LogP contribution in [0.25, 0.3) is 10.2 Å². The van der Waals surface area contributed by atoms with Gasteiger partial charge in [0, 0.05) is 10.9 Å². The van der Waals surface area contributed by atoms with E-state index in [0.717, 1.165) is 10.4 Å². The van der Waals surface area contributed by atoms with Crippen molar-refractivity contribution in [1.29, 1.82) is 0 Å². The number of benzene rings is 1. The van der Waals surface area contributed by atoms with Gasteiger partial charge in [-0.15, -0.1) is 11.3 Å². The van der Waals surface area contributed by atoms with Crippen molar-refractivity contribution >= 4 is 38.8 Å². The number of carbonyl (C=O) groups is 1. The molecule has 1 amide bonds. The maximum Gasteiger partial charge on any atom is 0.293 e. The van der Waals surface area contributed by atoms with Crippen molar-refractivity contribution in [2.45, 2.75) is 27.3 Å². The van der Waals surface area contributed by atoms with Gasteiger partial charge >= 0.3 is 0 Å². The molecule has 26 heavy (non-hydrogen) atoms. The molecule has 2 heterocycles. The van der Waals surface area contributed by atoms with Gasteiger partial charge in [-0.25, -0.2) is 4.98 Å². The minimum atomic E-state index is -0.556. The fourth-order valence-corrected chi connectivity index (χ4v) is 3.61. The fourth-order valence-electron chi connectivity index (χ4n) is 2.63. The first-order chi connectivity index (χ1) is 12.3. The number of nitrogens with one attached hydrogen (secondary N) is 1. The second-order valence-electron chi connectivity index (χ2n) is 5.97. The number of nitro groups is 1. The molecule has 0 saturated carbocycles. The van der Waals surface area contributed by atoms with E-state index in [1.54, 1.807) is 13.0 Å². The molecule has 134 valence electrons. The van der Waals surface area contributed by atoms with E-state index in [-0.39, 0.29) is 23.5 Å². The van der Waals surface area contributed by atoms with E-state index in [2.05, 4.69) is 10.3 Å². The Hall–Kier alpha value is -3.07. The molecule has 8 nitrogen and oxygen atoms in total. The predicted octanol–water partition coefficient (Wildman–Crippen LogP) is 2.93. The normalized spacial score (nSPS) is 10.9. The van der Waals surface area contributed by atoms with Crippen LogP contribution in [0.4, 0.5) is 11.4 Å². The number of carbonyl (C=O) groups excluding carboxylic acids is 1. The molecule has 0 spiro atoms. The Morgan fingerprint density at radius 3 is 2.77 bits per heavy atom. The quantitative estimate of drug-likeness (QED) is 0.560. The molecule has 0 radical (unpaired) electrons. The summed E-state index contributed by atoms with van der Waals surface area (Å²) in [5.74, 6) is -0.537. The summed E-state index contributed by atoms with van der Waals surface area (Å²) in [4.78, 5) is 41.4. The Bertz CT molecular complexity index is 1100. The average Bonchev–Trinajstić information content (AvgIpc) is 2.87. The highest BCUT2D eigenvalue weighted by atomic mass is 32.1. The highest BCUT2D eigenvalue weighted by molar-refractivity contribution is 7.18. The van der Waals surface area contributed by atoms with Crippen LogP contribution in [0.1, 0.15) is 16.0 Å².